The highest BCUT2D eigenvalue weighted by Crippen LogP contribution is 2.28. The van der Waals surface area contributed by atoms with Crippen LogP contribution in [0.4, 0.5) is 4.39 Å². The number of ether oxygens (including phenoxy) is 1. The molecule has 0 N–H and O–H groups in total. The number of hydrogen-bond acceptors (Lipinski definition) is 5. The summed E-state index contributed by atoms with van der Waals surface area (Å²) >= 11 is 0. The molecule has 160 valence electrons. The molecule has 0 saturated carbocycles. The number of halogens is 1. The minimum absolute atomic E-state index is 0.0163. The maximum absolute atomic E-state index is 13.0. The van der Waals surface area contributed by atoms with Crippen molar-refractivity contribution in [2.75, 3.05) is 19.7 Å². The molecule has 1 amide bonds. The Morgan fingerprint density at radius 1 is 1.23 bits per heavy atom. The summed E-state index contributed by atoms with van der Waals surface area (Å²) in [5.41, 5.74) is 1.46. The van der Waals surface area contributed by atoms with Crippen LogP contribution in [-0.4, -0.2) is 40.6 Å². The third-order valence-corrected chi connectivity index (χ3v) is 5.22. The summed E-state index contributed by atoms with van der Waals surface area (Å²) in [7, 11) is 0. The van der Waals surface area contributed by atoms with Gasteiger partial charge >= 0.3 is 0 Å². The average molecular weight is 421 g/mol. The van der Waals surface area contributed by atoms with Gasteiger partial charge in [-0.05, 0) is 54.7 Å². The maximum Gasteiger partial charge on any atom is 0.260 e. The lowest BCUT2D eigenvalue weighted by Crippen LogP contribution is -2.41. The van der Waals surface area contributed by atoms with E-state index in [1.165, 1.54) is 12.1 Å². The van der Waals surface area contributed by atoms with Crippen molar-refractivity contribution in [1.82, 2.24) is 15.0 Å². The Balaban J connectivity index is 1.43. The molecule has 31 heavy (non-hydrogen) atoms. The van der Waals surface area contributed by atoms with Crippen molar-refractivity contribution in [2.24, 2.45) is 5.92 Å². The van der Waals surface area contributed by atoms with E-state index >= 15 is 0 Å². The van der Waals surface area contributed by atoms with Crippen LogP contribution in [0.3, 0.4) is 0 Å². The predicted molar refractivity (Wildman–Crippen MR) is 116 cm³/mol. The zero-order valence-corrected chi connectivity index (χ0v) is 17.3. The molecular formula is C24H24FN3O3. The summed E-state index contributed by atoms with van der Waals surface area (Å²) in [6, 6.07) is 13.4. The molecule has 3 aromatic rings. The fraction of sp³-hybridized carbons (Fsp3) is 0.292. The number of nitrogens with zero attached hydrogens (tertiary/aromatic N) is 3. The lowest BCUT2D eigenvalue weighted by Gasteiger charge is -2.30. The number of carbonyl (C=O) groups excluding carboxylic acids is 1. The number of aromatic nitrogens is 2. The van der Waals surface area contributed by atoms with Gasteiger partial charge in [0.25, 0.3) is 11.8 Å². The van der Waals surface area contributed by atoms with Crippen LogP contribution in [0, 0.1) is 11.7 Å². The highest BCUT2D eigenvalue weighted by atomic mass is 19.1. The second kappa shape index (κ2) is 9.55. The Morgan fingerprint density at radius 2 is 2.03 bits per heavy atom. The van der Waals surface area contributed by atoms with Crippen LogP contribution in [0.1, 0.15) is 31.2 Å². The standard InChI is InChI=1S/C24H24FN3O3/c1-17-5-4-14-28(15-17)23(29)16-30-21-7-3-2-6-20(21)24-26-22(31-27-24)13-10-18-8-11-19(25)12-9-18/h2-3,6-13,17H,4-5,14-16H2,1H3. The first-order valence-electron chi connectivity index (χ1n) is 10.4. The van der Waals surface area contributed by atoms with Crippen molar-refractivity contribution in [3.05, 3.63) is 65.8 Å². The molecule has 7 heteroatoms. The molecule has 1 aliphatic heterocycles. The number of piperidine rings is 1. The topological polar surface area (TPSA) is 68.5 Å². The Hall–Kier alpha value is -3.48. The predicted octanol–water partition coefficient (Wildman–Crippen LogP) is 4.68. The van der Waals surface area contributed by atoms with Crippen LogP contribution in [0.2, 0.25) is 0 Å². The minimum atomic E-state index is -0.290. The molecule has 0 radical (unpaired) electrons. The van der Waals surface area contributed by atoms with Gasteiger partial charge in [0.05, 0.1) is 5.56 Å². The summed E-state index contributed by atoms with van der Waals surface area (Å²) in [5, 5.41) is 4.03. The van der Waals surface area contributed by atoms with E-state index < -0.39 is 0 Å². The van der Waals surface area contributed by atoms with Crippen LogP contribution < -0.4 is 4.74 Å². The van der Waals surface area contributed by atoms with Crippen LogP contribution in [-0.2, 0) is 4.79 Å². The number of para-hydroxylation sites is 1. The van der Waals surface area contributed by atoms with Gasteiger partial charge in [-0.2, -0.15) is 4.98 Å². The number of carbonyl (C=O) groups is 1. The summed E-state index contributed by atoms with van der Waals surface area (Å²) in [6.45, 7) is 3.69. The molecule has 1 fully saturated rings. The van der Waals surface area contributed by atoms with E-state index in [4.69, 9.17) is 9.26 Å². The molecule has 2 heterocycles. The maximum atomic E-state index is 13.0. The van der Waals surface area contributed by atoms with Gasteiger partial charge < -0.3 is 14.2 Å². The number of likely N-dealkylation sites (tertiary alicyclic amines) is 1. The van der Waals surface area contributed by atoms with Gasteiger partial charge in [0.15, 0.2) is 6.61 Å². The van der Waals surface area contributed by atoms with E-state index in [1.807, 2.05) is 23.1 Å². The molecule has 4 rings (SSSR count). The smallest absolute Gasteiger partial charge is 0.260 e. The van der Waals surface area contributed by atoms with Gasteiger partial charge in [0.2, 0.25) is 5.82 Å². The Labute approximate surface area is 180 Å². The Kier molecular flexibility index (Phi) is 6.40. The van der Waals surface area contributed by atoms with Crippen LogP contribution >= 0.6 is 0 Å². The zero-order chi connectivity index (χ0) is 21.6. The lowest BCUT2D eigenvalue weighted by atomic mass is 10.0. The van der Waals surface area contributed by atoms with E-state index in [-0.39, 0.29) is 18.3 Å². The van der Waals surface area contributed by atoms with Gasteiger partial charge in [-0.1, -0.05) is 36.3 Å². The summed E-state index contributed by atoms with van der Waals surface area (Å²) in [4.78, 5) is 18.8. The molecule has 1 atom stereocenters. The number of benzene rings is 2. The van der Waals surface area contributed by atoms with E-state index in [1.54, 1.807) is 30.4 Å². The van der Waals surface area contributed by atoms with E-state index in [0.717, 1.165) is 31.5 Å². The zero-order valence-electron chi connectivity index (χ0n) is 17.3. The molecule has 1 saturated heterocycles. The highest BCUT2D eigenvalue weighted by Gasteiger charge is 2.22. The summed E-state index contributed by atoms with van der Waals surface area (Å²) in [5.74, 6) is 1.42. The molecular weight excluding hydrogens is 397 g/mol. The molecule has 1 unspecified atom stereocenters. The van der Waals surface area contributed by atoms with Crippen LogP contribution in [0.15, 0.2) is 53.1 Å². The Bertz CT molecular complexity index is 1060. The van der Waals surface area contributed by atoms with Gasteiger partial charge in [-0.25, -0.2) is 4.39 Å². The fourth-order valence-corrected chi connectivity index (χ4v) is 3.58. The lowest BCUT2D eigenvalue weighted by molar-refractivity contribution is -0.135. The van der Waals surface area contributed by atoms with E-state index in [2.05, 4.69) is 17.1 Å². The fourth-order valence-electron chi connectivity index (χ4n) is 3.58. The van der Waals surface area contributed by atoms with Crippen molar-refractivity contribution in [3.63, 3.8) is 0 Å². The second-order valence-electron chi connectivity index (χ2n) is 7.71. The van der Waals surface area contributed by atoms with Crippen molar-refractivity contribution < 1.29 is 18.4 Å². The van der Waals surface area contributed by atoms with Gasteiger partial charge in [0.1, 0.15) is 11.6 Å². The molecule has 6 nitrogen and oxygen atoms in total. The monoisotopic (exact) mass is 421 g/mol. The average Bonchev–Trinajstić information content (AvgIpc) is 3.26. The molecule has 0 aliphatic carbocycles. The van der Waals surface area contributed by atoms with Crippen LogP contribution in [0.5, 0.6) is 5.75 Å². The van der Waals surface area contributed by atoms with Crippen molar-refractivity contribution >= 4 is 18.1 Å². The number of hydrogen-bond donors (Lipinski definition) is 0. The van der Waals surface area contributed by atoms with Crippen molar-refractivity contribution in [3.8, 4) is 17.1 Å². The second-order valence-corrected chi connectivity index (χ2v) is 7.71. The first-order valence-corrected chi connectivity index (χ1v) is 10.4. The SMILES string of the molecule is CC1CCCN(C(=O)COc2ccccc2-c2noc(C=Cc3ccc(F)cc3)n2)C1. The van der Waals surface area contributed by atoms with Gasteiger partial charge in [-0.3, -0.25) is 4.79 Å². The normalized spacial score (nSPS) is 16.6. The summed E-state index contributed by atoms with van der Waals surface area (Å²) in [6.07, 6.45) is 5.61. The highest BCUT2D eigenvalue weighted by molar-refractivity contribution is 5.78. The van der Waals surface area contributed by atoms with Crippen LogP contribution in [0.25, 0.3) is 23.5 Å². The third kappa shape index (κ3) is 5.36. The van der Waals surface area contributed by atoms with Crippen molar-refractivity contribution in [2.45, 2.75) is 19.8 Å². The van der Waals surface area contributed by atoms with Gasteiger partial charge in [-0.15, -0.1) is 0 Å². The first-order chi connectivity index (χ1) is 15.1. The number of rotatable bonds is 6. The first kappa shape index (κ1) is 20.8. The third-order valence-electron chi connectivity index (χ3n) is 5.22. The molecule has 2 aromatic carbocycles. The Morgan fingerprint density at radius 3 is 2.84 bits per heavy atom. The minimum Gasteiger partial charge on any atom is -0.483 e. The number of amides is 1. The van der Waals surface area contributed by atoms with E-state index in [0.29, 0.717) is 28.9 Å². The largest absolute Gasteiger partial charge is 0.483 e. The molecule has 0 bridgehead atoms. The quantitative estimate of drug-likeness (QED) is 0.578. The van der Waals surface area contributed by atoms with E-state index in [9.17, 15) is 9.18 Å². The summed E-state index contributed by atoms with van der Waals surface area (Å²) < 4.78 is 24.1. The molecule has 1 aromatic heterocycles. The molecule has 0 spiro atoms. The van der Waals surface area contributed by atoms with Gasteiger partial charge in [0, 0.05) is 19.2 Å². The molecule has 1 aliphatic rings. The van der Waals surface area contributed by atoms with Crippen molar-refractivity contribution in [1.29, 1.82) is 0 Å².